The van der Waals surface area contributed by atoms with Crippen molar-refractivity contribution in [1.29, 1.82) is 0 Å². The Kier molecular flexibility index (Phi) is 5.87. The summed E-state index contributed by atoms with van der Waals surface area (Å²) < 4.78 is 29.9. The quantitative estimate of drug-likeness (QED) is 0.811. The summed E-state index contributed by atoms with van der Waals surface area (Å²) in [4.78, 5) is 0. The molecule has 3 rings (SSSR count). The van der Waals surface area contributed by atoms with Crippen molar-refractivity contribution in [2.75, 3.05) is 34.5 Å². The SMILES string of the molecule is COc1cc(C2c3cc(OC)c(OC)cc3CC(CO)[C@H]2CO)ccc1F. The molecule has 27 heavy (non-hydrogen) atoms. The maximum atomic E-state index is 13.9. The van der Waals surface area contributed by atoms with Crippen LogP contribution in [0.15, 0.2) is 30.3 Å². The lowest BCUT2D eigenvalue weighted by Crippen LogP contribution is -2.35. The summed E-state index contributed by atoms with van der Waals surface area (Å²) in [6.07, 6.45) is 0.617. The third-order valence-corrected chi connectivity index (χ3v) is 5.48. The van der Waals surface area contributed by atoms with Gasteiger partial charge in [0.15, 0.2) is 23.1 Å². The smallest absolute Gasteiger partial charge is 0.165 e. The molecule has 0 spiro atoms. The Balaban J connectivity index is 2.20. The summed E-state index contributed by atoms with van der Waals surface area (Å²) in [5, 5.41) is 20.0. The van der Waals surface area contributed by atoms with Crippen molar-refractivity contribution in [3.8, 4) is 17.2 Å². The van der Waals surface area contributed by atoms with E-state index in [9.17, 15) is 14.6 Å². The predicted octanol–water partition coefficient (Wildman–Crippen LogP) is 2.76. The highest BCUT2D eigenvalue weighted by Crippen LogP contribution is 2.47. The number of hydrogen-bond donors (Lipinski definition) is 2. The molecule has 146 valence electrons. The van der Waals surface area contributed by atoms with Gasteiger partial charge >= 0.3 is 0 Å². The van der Waals surface area contributed by atoms with Crippen LogP contribution in [0.1, 0.15) is 22.6 Å². The van der Waals surface area contributed by atoms with Crippen LogP contribution in [0.3, 0.4) is 0 Å². The summed E-state index contributed by atoms with van der Waals surface area (Å²) in [5.74, 6) is 0.351. The monoisotopic (exact) mass is 376 g/mol. The summed E-state index contributed by atoms with van der Waals surface area (Å²) in [6.45, 7) is -0.142. The first kappa shape index (κ1) is 19.5. The molecule has 2 unspecified atom stereocenters. The van der Waals surface area contributed by atoms with Crippen molar-refractivity contribution in [1.82, 2.24) is 0 Å². The van der Waals surface area contributed by atoms with E-state index in [1.54, 1.807) is 26.4 Å². The maximum absolute atomic E-state index is 13.9. The fraction of sp³-hybridized carbons (Fsp3) is 0.429. The Bertz CT molecular complexity index is 807. The minimum absolute atomic E-state index is 0.0478. The number of benzene rings is 2. The standard InChI is InChI=1S/C21H25FO5/c1-25-18-7-12(4-5-17(18)22)21-15-9-20(27-3)19(26-2)8-13(15)6-14(10-23)16(21)11-24/h4-5,7-9,14,16,21,23-24H,6,10-11H2,1-3H3/t14?,16-,21?/m1/s1. The second-order valence-electron chi connectivity index (χ2n) is 6.77. The van der Waals surface area contributed by atoms with Crippen molar-refractivity contribution in [3.63, 3.8) is 0 Å². The number of fused-ring (bicyclic) bond motifs is 1. The predicted molar refractivity (Wildman–Crippen MR) is 99.2 cm³/mol. The highest BCUT2D eigenvalue weighted by Gasteiger charge is 2.38. The van der Waals surface area contributed by atoms with Crippen LogP contribution in [0.2, 0.25) is 0 Å². The van der Waals surface area contributed by atoms with Crippen molar-refractivity contribution >= 4 is 0 Å². The summed E-state index contributed by atoms with van der Waals surface area (Å²) in [5.41, 5.74) is 2.81. The fourth-order valence-corrected chi connectivity index (χ4v) is 4.09. The van der Waals surface area contributed by atoms with Crippen molar-refractivity contribution in [2.45, 2.75) is 12.3 Å². The van der Waals surface area contributed by atoms with Gasteiger partial charge in [0.05, 0.1) is 21.3 Å². The van der Waals surface area contributed by atoms with E-state index in [0.717, 1.165) is 16.7 Å². The van der Waals surface area contributed by atoms with Gasteiger partial charge in [0, 0.05) is 19.1 Å². The Hall–Kier alpha value is -2.31. The highest BCUT2D eigenvalue weighted by atomic mass is 19.1. The second-order valence-corrected chi connectivity index (χ2v) is 6.77. The van der Waals surface area contributed by atoms with Gasteiger partial charge in [-0.05, 0) is 59.2 Å². The van der Waals surface area contributed by atoms with E-state index in [1.165, 1.54) is 13.2 Å². The van der Waals surface area contributed by atoms with Gasteiger partial charge in [-0.3, -0.25) is 0 Å². The molecule has 0 amide bonds. The van der Waals surface area contributed by atoms with E-state index in [-0.39, 0.29) is 36.7 Å². The molecule has 0 fully saturated rings. The van der Waals surface area contributed by atoms with Gasteiger partial charge in [-0.25, -0.2) is 4.39 Å². The zero-order chi connectivity index (χ0) is 19.6. The molecule has 0 radical (unpaired) electrons. The number of methoxy groups -OCH3 is 3. The minimum atomic E-state index is -0.441. The summed E-state index contributed by atoms with van der Waals surface area (Å²) in [7, 11) is 4.57. The molecule has 2 aromatic carbocycles. The fourth-order valence-electron chi connectivity index (χ4n) is 4.09. The molecule has 0 saturated heterocycles. The van der Waals surface area contributed by atoms with E-state index in [4.69, 9.17) is 14.2 Å². The first-order valence-electron chi connectivity index (χ1n) is 8.87. The van der Waals surface area contributed by atoms with Gasteiger partial charge in [-0.15, -0.1) is 0 Å². The Morgan fingerprint density at radius 2 is 1.59 bits per heavy atom. The van der Waals surface area contributed by atoms with E-state index < -0.39 is 5.82 Å². The molecule has 2 N–H and O–H groups in total. The molecular formula is C21H25FO5. The summed E-state index contributed by atoms with van der Waals surface area (Å²) in [6, 6.07) is 8.54. The van der Waals surface area contributed by atoms with Gasteiger partial charge in [0.2, 0.25) is 0 Å². The number of aliphatic hydroxyl groups excluding tert-OH is 2. The van der Waals surface area contributed by atoms with Crippen LogP contribution in [0, 0.1) is 17.7 Å². The Labute approximate surface area is 158 Å². The summed E-state index contributed by atoms with van der Waals surface area (Å²) >= 11 is 0. The molecular weight excluding hydrogens is 351 g/mol. The molecule has 0 heterocycles. The lowest BCUT2D eigenvalue weighted by atomic mass is 9.67. The number of halogens is 1. The number of hydrogen-bond acceptors (Lipinski definition) is 5. The van der Waals surface area contributed by atoms with Gasteiger partial charge in [0.1, 0.15) is 0 Å². The topological polar surface area (TPSA) is 68.2 Å². The van der Waals surface area contributed by atoms with Crippen LogP contribution in [0.4, 0.5) is 4.39 Å². The van der Waals surface area contributed by atoms with Gasteiger partial charge in [0.25, 0.3) is 0 Å². The van der Waals surface area contributed by atoms with E-state index in [2.05, 4.69) is 0 Å². The van der Waals surface area contributed by atoms with E-state index >= 15 is 0 Å². The molecule has 0 saturated carbocycles. The lowest BCUT2D eigenvalue weighted by Gasteiger charge is -2.39. The average molecular weight is 376 g/mol. The molecule has 6 heteroatoms. The normalized spacial score (nSPS) is 21.5. The van der Waals surface area contributed by atoms with Crippen LogP contribution < -0.4 is 14.2 Å². The molecule has 0 bridgehead atoms. The second kappa shape index (κ2) is 8.15. The molecule has 0 aromatic heterocycles. The minimum Gasteiger partial charge on any atom is -0.494 e. The molecule has 5 nitrogen and oxygen atoms in total. The zero-order valence-corrected chi connectivity index (χ0v) is 15.7. The van der Waals surface area contributed by atoms with Gasteiger partial charge < -0.3 is 24.4 Å². The van der Waals surface area contributed by atoms with Crippen molar-refractivity contribution < 1.29 is 28.8 Å². The number of aliphatic hydroxyl groups is 2. The number of ether oxygens (including phenoxy) is 3. The van der Waals surface area contributed by atoms with Crippen LogP contribution in [0.25, 0.3) is 0 Å². The van der Waals surface area contributed by atoms with Crippen LogP contribution in [0.5, 0.6) is 17.2 Å². The van der Waals surface area contributed by atoms with Crippen LogP contribution in [-0.4, -0.2) is 44.8 Å². The third kappa shape index (κ3) is 3.47. The van der Waals surface area contributed by atoms with Gasteiger partial charge in [-0.2, -0.15) is 0 Å². The molecule has 1 aliphatic carbocycles. The maximum Gasteiger partial charge on any atom is 0.165 e. The van der Waals surface area contributed by atoms with Crippen LogP contribution >= 0.6 is 0 Å². The number of rotatable bonds is 6. The van der Waals surface area contributed by atoms with Crippen molar-refractivity contribution in [3.05, 3.63) is 52.8 Å². The largest absolute Gasteiger partial charge is 0.494 e. The molecule has 3 atom stereocenters. The molecule has 2 aromatic rings. The van der Waals surface area contributed by atoms with E-state index in [1.807, 2.05) is 12.1 Å². The zero-order valence-electron chi connectivity index (χ0n) is 15.7. The van der Waals surface area contributed by atoms with Crippen LogP contribution in [-0.2, 0) is 6.42 Å². The van der Waals surface area contributed by atoms with E-state index in [0.29, 0.717) is 17.9 Å². The first-order valence-corrected chi connectivity index (χ1v) is 8.87. The van der Waals surface area contributed by atoms with Crippen molar-refractivity contribution in [2.24, 2.45) is 11.8 Å². The third-order valence-electron chi connectivity index (χ3n) is 5.48. The first-order chi connectivity index (χ1) is 13.1. The average Bonchev–Trinajstić information content (AvgIpc) is 2.71. The Morgan fingerprint density at radius 3 is 2.19 bits per heavy atom. The lowest BCUT2D eigenvalue weighted by molar-refractivity contribution is 0.101. The Morgan fingerprint density at radius 1 is 0.926 bits per heavy atom. The molecule has 0 aliphatic heterocycles. The molecule has 1 aliphatic rings. The highest BCUT2D eigenvalue weighted by molar-refractivity contribution is 5.53. The van der Waals surface area contributed by atoms with Gasteiger partial charge in [-0.1, -0.05) is 6.07 Å².